The van der Waals surface area contributed by atoms with E-state index < -0.39 is 16.9 Å². The van der Waals surface area contributed by atoms with Crippen LogP contribution in [0.2, 0.25) is 10.0 Å². The van der Waals surface area contributed by atoms with E-state index in [9.17, 15) is 14.9 Å². The summed E-state index contributed by atoms with van der Waals surface area (Å²) in [5, 5.41) is 14.7. The number of carbonyl (C=O) groups excluding carboxylic acids is 1. The second kappa shape index (κ2) is 8.18. The third-order valence-electron chi connectivity index (χ3n) is 3.52. The predicted octanol–water partition coefficient (Wildman–Crippen LogP) is 4.55. The monoisotopic (exact) mass is 382 g/mol. The van der Waals surface area contributed by atoms with Crippen LogP contribution in [0.1, 0.15) is 25.5 Å². The van der Waals surface area contributed by atoms with E-state index >= 15 is 0 Å². The minimum Gasteiger partial charge on any atom is -0.474 e. The van der Waals surface area contributed by atoms with E-state index in [1.165, 1.54) is 25.1 Å². The van der Waals surface area contributed by atoms with Crippen LogP contribution < -0.4 is 10.1 Å². The molecule has 0 fully saturated rings. The van der Waals surface area contributed by atoms with E-state index in [-0.39, 0.29) is 17.5 Å². The zero-order chi connectivity index (χ0) is 18.6. The van der Waals surface area contributed by atoms with Gasteiger partial charge in [-0.25, -0.2) is 0 Å². The molecule has 2 aromatic rings. The van der Waals surface area contributed by atoms with Crippen molar-refractivity contribution in [2.75, 3.05) is 0 Å². The van der Waals surface area contributed by atoms with Gasteiger partial charge in [0.2, 0.25) is 0 Å². The number of hydrogen-bond donors (Lipinski definition) is 1. The molecule has 0 heterocycles. The largest absolute Gasteiger partial charge is 0.474 e. The molecular formula is C17H16Cl2N2O4. The fourth-order valence-corrected chi connectivity index (χ4v) is 2.78. The number of carbonyl (C=O) groups is 1. The smallest absolute Gasteiger partial charge is 0.310 e. The molecule has 132 valence electrons. The molecule has 25 heavy (non-hydrogen) atoms. The van der Waals surface area contributed by atoms with E-state index in [2.05, 4.69) is 5.32 Å². The Bertz CT molecular complexity index is 798. The van der Waals surface area contributed by atoms with Gasteiger partial charge < -0.3 is 10.1 Å². The van der Waals surface area contributed by atoms with E-state index in [4.69, 9.17) is 27.9 Å². The van der Waals surface area contributed by atoms with Gasteiger partial charge in [-0.15, -0.1) is 0 Å². The topological polar surface area (TPSA) is 81.5 Å². The summed E-state index contributed by atoms with van der Waals surface area (Å²) in [5.41, 5.74) is 0.508. The Morgan fingerprint density at radius 3 is 2.52 bits per heavy atom. The van der Waals surface area contributed by atoms with Crippen LogP contribution in [0.4, 0.5) is 5.69 Å². The first-order chi connectivity index (χ1) is 11.8. The highest BCUT2D eigenvalue weighted by molar-refractivity contribution is 6.35. The lowest BCUT2D eigenvalue weighted by Crippen LogP contribution is -2.37. The highest BCUT2D eigenvalue weighted by Crippen LogP contribution is 2.28. The van der Waals surface area contributed by atoms with Crippen molar-refractivity contribution in [1.29, 1.82) is 0 Å². The van der Waals surface area contributed by atoms with Gasteiger partial charge in [0.25, 0.3) is 5.91 Å². The average molecular weight is 383 g/mol. The van der Waals surface area contributed by atoms with Crippen molar-refractivity contribution >= 4 is 34.8 Å². The number of nitrogens with one attached hydrogen (secondary N) is 1. The minimum atomic E-state index is -0.922. The normalized spacial score (nSPS) is 13.0. The second-order valence-corrected chi connectivity index (χ2v) is 6.22. The Balaban J connectivity index is 2.06. The number of benzene rings is 2. The quantitative estimate of drug-likeness (QED) is 0.586. The first kappa shape index (κ1) is 19.0. The lowest BCUT2D eigenvalue weighted by molar-refractivity contribution is -0.386. The Morgan fingerprint density at radius 1 is 1.20 bits per heavy atom. The molecule has 0 unspecified atom stereocenters. The molecule has 8 heteroatoms. The molecule has 0 aliphatic heterocycles. The summed E-state index contributed by atoms with van der Waals surface area (Å²) >= 11 is 12.0. The zero-order valence-corrected chi connectivity index (χ0v) is 15.0. The van der Waals surface area contributed by atoms with Crippen molar-refractivity contribution in [2.24, 2.45) is 0 Å². The third kappa shape index (κ3) is 4.84. The Labute approximate surface area is 154 Å². The van der Waals surface area contributed by atoms with Crippen LogP contribution in [-0.4, -0.2) is 16.9 Å². The van der Waals surface area contributed by atoms with E-state index in [0.29, 0.717) is 15.6 Å². The number of halogens is 2. The van der Waals surface area contributed by atoms with Gasteiger partial charge in [-0.1, -0.05) is 41.4 Å². The highest BCUT2D eigenvalue weighted by atomic mass is 35.5. The van der Waals surface area contributed by atoms with Crippen molar-refractivity contribution in [3.63, 3.8) is 0 Å². The summed E-state index contributed by atoms with van der Waals surface area (Å²) in [4.78, 5) is 22.8. The molecular weight excluding hydrogens is 367 g/mol. The summed E-state index contributed by atoms with van der Waals surface area (Å²) < 4.78 is 5.45. The molecule has 6 nitrogen and oxygen atoms in total. The number of nitrogens with zero attached hydrogens (tertiary/aromatic N) is 1. The molecule has 0 bridgehead atoms. The molecule has 0 spiro atoms. The van der Waals surface area contributed by atoms with Gasteiger partial charge in [0.15, 0.2) is 11.9 Å². The summed E-state index contributed by atoms with van der Waals surface area (Å²) in [6, 6.07) is 10.5. The van der Waals surface area contributed by atoms with Gasteiger partial charge in [0.1, 0.15) is 0 Å². The van der Waals surface area contributed by atoms with Gasteiger partial charge in [-0.05, 0) is 37.6 Å². The predicted molar refractivity (Wildman–Crippen MR) is 96.2 cm³/mol. The number of rotatable bonds is 6. The number of nitro benzene ring substituents is 1. The number of nitro groups is 1. The number of amides is 1. The summed E-state index contributed by atoms with van der Waals surface area (Å²) in [5.74, 6) is -0.385. The molecule has 2 aromatic carbocycles. The Kier molecular flexibility index (Phi) is 6.22. The minimum absolute atomic E-state index is 0.0346. The molecule has 0 aromatic heterocycles. The molecule has 1 N–H and O–H groups in total. The van der Waals surface area contributed by atoms with Crippen LogP contribution in [0.25, 0.3) is 0 Å². The maximum Gasteiger partial charge on any atom is 0.310 e. The maximum absolute atomic E-state index is 12.3. The Morgan fingerprint density at radius 2 is 1.88 bits per heavy atom. The zero-order valence-electron chi connectivity index (χ0n) is 13.5. The SMILES string of the molecule is C[C@@H](Oc1ccccc1[N+](=O)[O-])C(=O)N[C@H](C)c1ccc(Cl)cc1Cl. The fraction of sp³-hybridized carbons (Fsp3) is 0.235. The molecule has 0 radical (unpaired) electrons. The van der Waals surface area contributed by atoms with Crippen LogP contribution in [0.5, 0.6) is 5.75 Å². The lowest BCUT2D eigenvalue weighted by Gasteiger charge is -2.19. The van der Waals surface area contributed by atoms with Gasteiger partial charge in [0, 0.05) is 16.1 Å². The second-order valence-electron chi connectivity index (χ2n) is 5.38. The number of hydrogen-bond acceptors (Lipinski definition) is 4. The van der Waals surface area contributed by atoms with Crippen LogP contribution in [0.15, 0.2) is 42.5 Å². The molecule has 0 saturated carbocycles. The highest BCUT2D eigenvalue weighted by Gasteiger charge is 2.22. The van der Waals surface area contributed by atoms with Crippen LogP contribution in [0.3, 0.4) is 0 Å². The Hall–Kier alpha value is -2.31. The van der Waals surface area contributed by atoms with Crippen LogP contribution >= 0.6 is 23.2 Å². The van der Waals surface area contributed by atoms with E-state index in [1.54, 1.807) is 31.2 Å². The van der Waals surface area contributed by atoms with E-state index in [1.807, 2.05) is 0 Å². The maximum atomic E-state index is 12.3. The van der Waals surface area contributed by atoms with E-state index in [0.717, 1.165) is 0 Å². The van der Waals surface area contributed by atoms with Crippen molar-refractivity contribution in [3.05, 3.63) is 68.2 Å². The average Bonchev–Trinajstić information content (AvgIpc) is 2.54. The van der Waals surface area contributed by atoms with Crippen molar-refractivity contribution in [3.8, 4) is 5.75 Å². The number of ether oxygens (including phenoxy) is 1. The van der Waals surface area contributed by atoms with Gasteiger partial charge in [-0.3, -0.25) is 14.9 Å². The molecule has 0 aliphatic rings. The molecule has 1 amide bonds. The standard InChI is InChI=1S/C17H16Cl2N2O4/c1-10(13-8-7-12(18)9-14(13)19)20-17(22)11(2)25-16-6-4-3-5-15(16)21(23)24/h3-11H,1-2H3,(H,20,22)/t10-,11-/m1/s1. The summed E-state index contributed by atoms with van der Waals surface area (Å²) in [6.45, 7) is 3.28. The van der Waals surface area contributed by atoms with Gasteiger partial charge in [0.05, 0.1) is 11.0 Å². The first-order valence-corrected chi connectivity index (χ1v) is 8.20. The van der Waals surface area contributed by atoms with Crippen molar-refractivity contribution < 1.29 is 14.5 Å². The fourth-order valence-electron chi connectivity index (χ4n) is 2.21. The van der Waals surface area contributed by atoms with Gasteiger partial charge in [-0.2, -0.15) is 0 Å². The third-order valence-corrected chi connectivity index (χ3v) is 4.09. The lowest BCUT2D eigenvalue weighted by atomic mass is 10.1. The molecule has 0 saturated heterocycles. The number of para-hydroxylation sites is 2. The van der Waals surface area contributed by atoms with Crippen molar-refractivity contribution in [2.45, 2.75) is 26.0 Å². The van der Waals surface area contributed by atoms with Crippen LogP contribution in [-0.2, 0) is 4.79 Å². The summed E-state index contributed by atoms with van der Waals surface area (Å²) in [6.07, 6.45) is -0.922. The van der Waals surface area contributed by atoms with Crippen LogP contribution in [0, 0.1) is 10.1 Å². The first-order valence-electron chi connectivity index (χ1n) is 7.45. The van der Waals surface area contributed by atoms with Gasteiger partial charge >= 0.3 is 5.69 Å². The summed E-state index contributed by atoms with van der Waals surface area (Å²) in [7, 11) is 0. The molecule has 2 rings (SSSR count). The molecule has 2 atom stereocenters. The van der Waals surface area contributed by atoms with Crippen molar-refractivity contribution in [1.82, 2.24) is 5.32 Å². The molecule has 0 aliphatic carbocycles.